The molecule has 0 bridgehead atoms. The maximum atomic E-state index is 12.0. The summed E-state index contributed by atoms with van der Waals surface area (Å²) < 4.78 is 11.6. The second-order valence-electron chi connectivity index (χ2n) is 4.71. The number of nitrogens with one attached hydrogen (secondary N) is 1. The van der Waals surface area contributed by atoms with Crippen LogP contribution in [0.5, 0.6) is 11.5 Å². The molecule has 2 rings (SSSR count). The van der Waals surface area contributed by atoms with Crippen LogP contribution in [0.3, 0.4) is 0 Å². The number of aryl methyl sites for hydroxylation is 1. The predicted octanol–water partition coefficient (Wildman–Crippen LogP) is 4.04. The number of hydrogen-bond acceptors (Lipinski definition) is 3. The maximum Gasteiger partial charge on any atom is 0.224 e. The molecule has 1 amide bonds. The van der Waals surface area contributed by atoms with Crippen molar-refractivity contribution in [1.82, 2.24) is 0 Å². The highest BCUT2D eigenvalue weighted by molar-refractivity contribution is 9.10. The lowest BCUT2D eigenvalue weighted by Crippen LogP contribution is -2.12. The van der Waals surface area contributed by atoms with E-state index in [9.17, 15) is 4.79 Å². The second-order valence-corrected chi connectivity index (χ2v) is 5.62. The Morgan fingerprint density at radius 2 is 1.82 bits per heavy atom. The molecule has 0 radical (unpaired) electrons. The third-order valence-corrected chi connectivity index (χ3v) is 3.76. The molecule has 2 aromatic carbocycles. The highest BCUT2D eigenvalue weighted by Crippen LogP contribution is 2.31. The van der Waals surface area contributed by atoms with Gasteiger partial charge in [0.05, 0.1) is 14.2 Å². The van der Waals surface area contributed by atoms with Crippen LogP contribution >= 0.6 is 15.9 Å². The Morgan fingerprint density at radius 1 is 1.09 bits per heavy atom. The molecular weight excluding hydrogens is 346 g/mol. The number of ether oxygens (including phenoxy) is 2. The number of methoxy groups -OCH3 is 2. The van der Waals surface area contributed by atoms with Gasteiger partial charge in [0.25, 0.3) is 0 Å². The van der Waals surface area contributed by atoms with E-state index >= 15 is 0 Å². The topological polar surface area (TPSA) is 47.6 Å². The van der Waals surface area contributed by atoms with Crippen molar-refractivity contribution in [2.45, 2.75) is 12.8 Å². The highest BCUT2D eigenvalue weighted by Gasteiger charge is 2.11. The molecule has 0 aliphatic carbocycles. The molecule has 1 N–H and O–H groups in total. The van der Waals surface area contributed by atoms with E-state index < -0.39 is 0 Å². The lowest BCUT2D eigenvalue weighted by molar-refractivity contribution is -0.116. The standard InChI is InChI=1S/C17H18BrNO3/c1-21-15-5-3-4-12(17(15)22-2)6-11-16(20)19-14-9-7-13(18)8-10-14/h3-5,7-10H,6,11H2,1-2H3,(H,19,20). The van der Waals surface area contributed by atoms with Gasteiger partial charge in [-0.2, -0.15) is 0 Å². The molecule has 0 atom stereocenters. The van der Waals surface area contributed by atoms with Crippen LogP contribution in [-0.2, 0) is 11.2 Å². The molecule has 4 nitrogen and oxygen atoms in total. The number of halogens is 1. The number of hydrogen-bond donors (Lipinski definition) is 1. The Labute approximate surface area is 138 Å². The molecule has 22 heavy (non-hydrogen) atoms. The Kier molecular flexibility index (Phi) is 5.83. The number of rotatable bonds is 6. The van der Waals surface area contributed by atoms with Crippen molar-refractivity contribution in [3.63, 3.8) is 0 Å². The molecule has 0 unspecified atom stereocenters. The fraction of sp³-hybridized carbons (Fsp3) is 0.235. The van der Waals surface area contributed by atoms with Gasteiger partial charge in [0.2, 0.25) is 5.91 Å². The first-order chi connectivity index (χ1) is 10.6. The monoisotopic (exact) mass is 363 g/mol. The molecule has 116 valence electrons. The summed E-state index contributed by atoms with van der Waals surface area (Å²) in [4.78, 5) is 12.0. The smallest absolute Gasteiger partial charge is 0.224 e. The van der Waals surface area contributed by atoms with Gasteiger partial charge in [-0.25, -0.2) is 0 Å². The maximum absolute atomic E-state index is 12.0. The van der Waals surface area contributed by atoms with E-state index in [0.29, 0.717) is 24.3 Å². The lowest BCUT2D eigenvalue weighted by Gasteiger charge is -2.12. The minimum Gasteiger partial charge on any atom is -0.493 e. The van der Waals surface area contributed by atoms with Crippen LogP contribution in [0.4, 0.5) is 5.69 Å². The van der Waals surface area contributed by atoms with Gasteiger partial charge in [-0.1, -0.05) is 28.1 Å². The minimum atomic E-state index is -0.0350. The molecule has 0 aliphatic heterocycles. The molecule has 0 heterocycles. The number of para-hydroxylation sites is 1. The van der Waals surface area contributed by atoms with Gasteiger partial charge in [-0.3, -0.25) is 4.79 Å². The third kappa shape index (κ3) is 4.24. The van der Waals surface area contributed by atoms with Gasteiger partial charge in [0.15, 0.2) is 11.5 Å². The van der Waals surface area contributed by atoms with Crippen LogP contribution in [-0.4, -0.2) is 20.1 Å². The van der Waals surface area contributed by atoms with Crippen LogP contribution in [0, 0.1) is 0 Å². The van der Waals surface area contributed by atoms with E-state index in [1.807, 2.05) is 42.5 Å². The summed E-state index contributed by atoms with van der Waals surface area (Å²) in [7, 11) is 3.20. The summed E-state index contributed by atoms with van der Waals surface area (Å²) in [6.45, 7) is 0. The van der Waals surface area contributed by atoms with Crippen molar-refractivity contribution in [2.24, 2.45) is 0 Å². The molecule has 0 aliphatic rings. The zero-order valence-electron chi connectivity index (χ0n) is 12.6. The zero-order valence-corrected chi connectivity index (χ0v) is 14.1. The van der Waals surface area contributed by atoms with Gasteiger partial charge >= 0.3 is 0 Å². The number of carbonyl (C=O) groups excluding carboxylic acids is 1. The first-order valence-electron chi connectivity index (χ1n) is 6.89. The summed E-state index contributed by atoms with van der Waals surface area (Å²) in [5, 5.41) is 2.87. The van der Waals surface area contributed by atoms with Crippen molar-refractivity contribution >= 4 is 27.5 Å². The molecule has 2 aromatic rings. The van der Waals surface area contributed by atoms with E-state index in [1.54, 1.807) is 14.2 Å². The zero-order chi connectivity index (χ0) is 15.9. The second kappa shape index (κ2) is 7.84. The average Bonchev–Trinajstić information content (AvgIpc) is 2.54. The molecule has 0 fully saturated rings. The highest BCUT2D eigenvalue weighted by atomic mass is 79.9. The quantitative estimate of drug-likeness (QED) is 0.842. The Hall–Kier alpha value is -2.01. The van der Waals surface area contributed by atoms with Gasteiger partial charge in [0, 0.05) is 16.6 Å². The third-order valence-electron chi connectivity index (χ3n) is 3.23. The largest absolute Gasteiger partial charge is 0.493 e. The van der Waals surface area contributed by atoms with Crippen molar-refractivity contribution in [2.75, 3.05) is 19.5 Å². The fourth-order valence-corrected chi connectivity index (χ4v) is 2.42. The van der Waals surface area contributed by atoms with E-state index in [4.69, 9.17) is 9.47 Å². The average molecular weight is 364 g/mol. The van der Waals surface area contributed by atoms with Crippen LogP contribution in [0.15, 0.2) is 46.9 Å². The summed E-state index contributed by atoms with van der Waals surface area (Å²) in [6.07, 6.45) is 0.961. The van der Waals surface area contributed by atoms with Crippen LogP contribution in [0.2, 0.25) is 0 Å². The normalized spacial score (nSPS) is 10.1. The van der Waals surface area contributed by atoms with Gasteiger partial charge in [-0.15, -0.1) is 0 Å². The van der Waals surface area contributed by atoms with Gasteiger partial charge < -0.3 is 14.8 Å². The first kappa shape index (κ1) is 16.4. The molecular formula is C17H18BrNO3. The van der Waals surface area contributed by atoms with Crippen LogP contribution in [0.1, 0.15) is 12.0 Å². The summed E-state index contributed by atoms with van der Waals surface area (Å²) >= 11 is 3.36. The first-order valence-corrected chi connectivity index (χ1v) is 7.68. The minimum absolute atomic E-state index is 0.0350. The van der Waals surface area contributed by atoms with E-state index in [-0.39, 0.29) is 5.91 Å². The Morgan fingerprint density at radius 3 is 2.45 bits per heavy atom. The van der Waals surface area contributed by atoms with Gasteiger partial charge in [-0.05, 0) is 42.3 Å². The number of amides is 1. The Balaban J connectivity index is 1.98. The van der Waals surface area contributed by atoms with Crippen molar-refractivity contribution in [3.05, 3.63) is 52.5 Å². The lowest BCUT2D eigenvalue weighted by atomic mass is 10.1. The van der Waals surface area contributed by atoms with E-state index in [2.05, 4.69) is 21.2 Å². The molecule has 5 heteroatoms. The van der Waals surface area contributed by atoms with Crippen molar-refractivity contribution in [1.29, 1.82) is 0 Å². The van der Waals surface area contributed by atoms with E-state index in [0.717, 1.165) is 15.7 Å². The van der Waals surface area contributed by atoms with Gasteiger partial charge in [0.1, 0.15) is 0 Å². The Bertz CT molecular complexity index is 641. The number of anilines is 1. The molecule has 0 saturated carbocycles. The molecule has 0 aromatic heterocycles. The van der Waals surface area contributed by atoms with E-state index in [1.165, 1.54) is 0 Å². The summed E-state index contributed by atoms with van der Waals surface area (Å²) in [6, 6.07) is 13.2. The summed E-state index contributed by atoms with van der Waals surface area (Å²) in [5.41, 5.74) is 1.73. The predicted molar refractivity (Wildman–Crippen MR) is 90.6 cm³/mol. The molecule has 0 saturated heterocycles. The summed E-state index contributed by atoms with van der Waals surface area (Å²) in [5.74, 6) is 1.32. The fourth-order valence-electron chi connectivity index (χ4n) is 2.16. The SMILES string of the molecule is COc1cccc(CCC(=O)Nc2ccc(Br)cc2)c1OC. The molecule has 0 spiro atoms. The van der Waals surface area contributed by atoms with Crippen molar-refractivity contribution < 1.29 is 14.3 Å². The number of benzene rings is 2. The van der Waals surface area contributed by atoms with Crippen LogP contribution in [0.25, 0.3) is 0 Å². The number of carbonyl (C=O) groups is 1. The van der Waals surface area contributed by atoms with Crippen LogP contribution < -0.4 is 14.8 Å². The van der Waals surface area contributed by atoms with Crippen molar-refractivity contribution in [3.8, 4) is 11.5 Å².